The second kappa shape index (κ2) is 11.4. The molecule has 6 nitrogen and oxygen atoms in total. The van der Waals surface area contributed by atoms with Crippen molar-refractivity contribution in [1.29, 1.82) is 0 Å². The van der Waals surface area contributed by atoms with Crippen LogP contribution in [0.1, 0.15) is 48.6 Å². The summed E-state index contributed by atoms with van der Waals surface area (Å²) in [5.41, 5.74) is 2.59. The molecular formula is C27H34N4O2S. The molecule has 2 aliphatic heterocycles. The van der Waals surface area contributed by atoms with Gasteiger partial charge >= 0.3 is 0 Å². The van der Waals surface area contributed by atoms with Gasteiger partial charge in [0.05, 0.1) is 19.8 Å². The van der Waals surface area contributed by atoms with Gasteiger partial charge in [-0.25, -0.2) is 0 Å². The zero-order valence-electron chi connectivity index (χ0n) is 19.9. The molecule has 3 heterocycles. The van der Waals surface area contributed by atoms with Crippen molar-refractivity contribution in [1.82, 2.24) is 19.7 Å². The van der Waals surface area contributed by atoms with Crippen molar-refractivity contribution in [2.45, 2.75) is 56.0 Å². The average molecular weight is 479 g/mol. The summed E-state index contributed by atoms with van der Waals surface area (Å²) >= 11 is 1.80. The molecule has 5 rings (SSSR count). The van der Waals surface area contributed by atoms with Crippen LogP contribution in [0.4, 0.5) is 0 Å². The lowest BCUT2D eigenvalue weighted by molar-refractivity contribution is 0.129. The van der Waals surface area contributed by atoms with Crippen LogP contribution in [-0.2, 0) is 17.8 Å². The van der Waals surface area contributed by atoms with Gasteiger partial charge in [0, 0.05) is 24.8 Å². The molecule has 7 heteroatoms. The molecule has 34 heavy (non-hydrogen) atoms. The number of nitrogens with zero attached hydrogens (tertiary/aromatic N) is 4. The van der Waals surface area contributed by atoms with Crippen molar-refractivity contribution in [2.75, 3.05) is 32.6 Å². The molecule has 0 spiro atoms. The van der Waals surface area contributed by atoms with Crippen LogP contribution in [0.2, 0.25) is 0 Å². The molecule has 0 amide bonds. The Kier molecular flexibility index (Phi) is 7.83. The zero-order valence-corrected chi connectivity index (χ0v) is 20.8. The van der Waals surface area contributed by atoms with Crippen molar-refractivity contribution >= 4 is 11.8 Å². The fourth-order valence-corrected chi connectivity index (χ4v) is 5.96. The number of hydrogen-bond acceptors (Lipinski definition) is 6. The monoisotopic (exact) mass is 478 g/mol. The van der Waals surface area contributed by atoms with Crippen LogP contribution < -0.4 is 4.74 Å². The van der Waals surface area contributed by atoms with Crippen LogP contribution in [-0.4, -0.2) is 58.3 Å². The predicted molar refractivity (Wildman–Crippen MR) is 136 cm³/mol. The van der Waals surface area contributed by atoms with Crippen LogP contribution in [0.3, 0.4) is 0 Å². The first-order chi connectivity index (χ1) is 16.8. The molecule has 0 radical (unpaired) electrons. The van der Waals surface area contributed by atoms with Gasteiger partial charge in [-0.1, -0.05) is 54.2 Å². The van der Waals surface area contributed by atoms with Crippen LogP contribution >= 0.6 is 11.8 Å². The summed E-state index contributed by atoms with van der Waals surface area (Å²) in [5.74, 6) is 3.45. The molecule has 0 N–H and O–H groups in total. The summed E-state index contributed by atoms with van der Waals surface area (Å²) in [6.07, 6.45) is 4.87. The highest BCUT2D eigenvalue weighted by atomic mass is 32.2. The molecule has 2 fully saturated rings. The fourth-order valence-electron chi connectivity index (χ4n) is 4.94. The number of piperidine rings is 1. The summed E-state index contributed by atoms with van der Waals surface area (Å²) in [7, 11) is 1.73. The maximum atomic E-state index is 5.84. The van der Waals surface area contributed by atoms with E-state index >= 15 is 0 Å². The molecule has 1 atom stereocenters. The van der Waals surface area contributed by atoms with E-state index < -0.39 is 0 Å². The summed E-state index contributed by atoms with van der Waals surface area (Å²) in [6, 6.07) is 19.1. The molecule has 2 aromatic carbocycles. The largest absolute Gasteiger partial charge is 0.497 e. The van der Waals surface area contributed by atoms with Crippen LogP contribution in [0.25, 0.3) is 0 Å². The van der Waals surface area contributed by atoms with Crippen LogP contribution in [0.15, 0.2) is 59.8 Å². The van der Waals surface area contributed by atoms with Gasteiger partial charge in [0.2, 0.25) is 0 Å². The molecule has 2 aliphatic rings. The normalized spacial score (nSPS) is 19.5. The third-order valence-corrected chi connectivity index (χ3v) is 7.94. The molecule has 0 saturated carbocycles. The summed E-state index contributed by atoms with van der Waals surface area (Å²) in [5, 5.41) is 10.4. The number of likely N-dealkylation sites (tertiary alicyclic amines) is 1. The minimum absolute atomic E-state index is 0.343. The number of benzene rings is 2. The molecule has 0 bridgehead atoms. The first kappa shape index (κ1) is 23.4. The lowest BCUT2D eigenvalue weighted by atomic mass is 9.95. The second-order valence-corrected chi connectivity index (χ2v) is 10.2. The first-order valence-electron chi connectivity index (χ1n) is 12.3. The SMILES string of the molecule is COc1cccc(CN2CCC(c3nnc(SC[C@H]4CCCO4)n3Cc3ccccc3)CC2)c1. The second-order valence-electron chi connectivity index (χ2n) is 9.26. The Morgan fingerprint density at radius 2 is 1.79 bits per heavy atom. The van der Waals surface area contributed by atoms with Gasteiger partial charge in [0.1, 0.15) is 11.6 Å². The third kappa shape index (κ3) is 5.82. The number of aromatic nitrogens is 3. The van der Waals surface area contributed by atoms with E-state index in [4.69, 9.17) is 14.6 Å². The van der Waals surface area contributed by atoms with Gasteiger partial charge in [0.25, 0.3) is 0 Å². The van der Waals surface area contributed by atoms with Crippen LogP contribution in [0, 0.1) is 0 Å². The average Bonchev–Trinajstić information content (AvgIpc) is 3.54. The van der Waals surface area contributed by atoms with E-state index in [1.807, 2.05) is 6.07 Å². The number of thioether (sulfide) groups is 1. The van der Waals surface area contributed by atoms with E-state index in [-0.39, 0.29) is 0 Å². The van der Waals surface area contributed by atoms with Gasteiger partial charge in [-0.2, -0.15) is 0 Å². The maximum absolute atomic E-state index is 5.84. The summed E-state index contributed by atoms with van der Waals surface area (Å²) < 4.78 is 13.6. The Morgan fingerprint density at radius 3 is 2.56 bits per heavy atom. The van der Waals surface area contributed by atoms with Crippen molar-refractivity contribution < 1.29 is 9.47 Å². The van der Waals surface area contributed by atoms with Crippen molar-refractivity contribution in [3.8, 4) is 5.75 Å². The maximum Gasteiger partial charge on any atom is 0.191 e. The highest BCUT2D eigenvalue weighted by Crippen LogP contribution is 2.32. The van der Waals surface area contributed by atoms with E-state index in [9.17, 15) is 0 Å². The minimum atomic E-state index is 0.343. The minimum Gasteiger partial charge on any atom is -0.497 e. The fraction of sp³-hybridized carbons (Fsp3) is 0.481. The van der Waals surface area contributed by atoms with Gasteiger partial charge in [-0.15, -0.1) is 10.2 Å². The first-order valence-corrected chi connectivity index (χ1v) is 13.3. The van der Waals surface area contributed by atoms with Gasteiger partial charge in [-0.05, 0) is 62.0 Å². The Labute approximate surface area is 206 Å². The Morgan fingerprint density at radius 1 is 0.971 bits per heavy atom. The van der Waals surface area contributed by atoms with Gasteiger partial charge in [0.15, 0.2) is 5.16 Å². The zero-order chi connectivity index (χ0) is 23.2. The molecule has 1 aromatic heterocycles. The quantitative estimate of drug-likeness (QED) is 0.404. The smallest absolute Gasteiger partial charge is 0.191 e. The standard InChI is InChI=1S/C27H34N4O2S/c1-32-24-10-5-9-22(17-24)18-30-14-12-23(13-15-30)26-28-29-27(34-20-25-11-6-16-33-25)31(26)19-21-7-3-2-4-8-21/h2-5,7-10,17,23,25H,6,11-16,18-20H2,1H3/t25-/m1/s1. The molecule has 180 valence electrons. The molecule has 2 saturated heterocycles. The lowest BCUT2D eigenvalue weighted by Crippen LogP contribution is -2.33. The van der Waals surface area contributed by atoms with Gasteiger partial charge < -0.3 is 14.0 Å². The van der Waals surface area contributed by atoms with Crippen molar-refractivity contribution in [3.63, 3.8) is 0 Å². The van der Waals surface area contributed by atoms with E-state index in [1.54, 1.807) is 18.9 Å². The van der Waals surface area contributed by atoms with Crippen LogP contribution in [0.5, 0.6) is 5.75 Å². The Balaban J connectivity index is 1.26. The summed E-state index contributed by atoms with van der Waals surface area (Å²) in [6.45, 7) is 4.81. The third-order valence-electron chi connectivity index (χ3n) is 6.84. The highest BCUT2D eigenvalue weighted by molar-refractivity contribution is 7.99. The number of ether oxygens (including phenoxy) is 2. The summed E-state index contributed by atoms with van der Waals surface area (Å²) in [4.78, 5) is 2.54. The number of methoxy groups -OCH3 is 1. The van der Waals surface area contributed by atoms with E-state index in [0.717, 1.165) is 74.5 Å². The molecule has 0 aliphatic carbocycles. The Hall–Kier alpha value is -2.35. The van der Waals surface area contributed by atoms with E-state index in [1.165, 1.54) is 17.5 Å². The molecule has 3 aromatic rings. The van der Waals surface area contributed by atoms with E-state index in [2.05, 4.69) is 63.1 Å². The topological polar surface area (TPSA) is 52.4 Å². The van der Waals surface area contributed by atoms with Crippen molar-refractivity contribution in [3.05, 3.63) is 71.5 Å². The molecular weight excluding hydrogens is 444 g/mol. The predicted octanol–water partition coefficient (Wildman–Crippen LogP) is 4.99. The van der Waals surface area contributed by atoms with Gasteiger partial charge in [-0.3, -0.25) is 4.90 Å². The van der Waals surface area contributed by atoms with E-state index in [0.29, 0.717) is 12.0 Å². The molecule has 0 unspecified atom stereocenters. The Bertz CT molecular complexity index is 1040. The highest BCUT2D eigenvalue weighted by Gasteiger charge is 2.27. The number of rotatable bonds is 9. The lowest BCUT2D eigenvalue weighted by Gasteiger charge is -2.31. The van der Waals surface area contributed by atoms with Crippen molar-refractivity contribution in [2.24, 2.45) is 0 Å². The number of hydrogen-bond donors (Lipinski definition) is 0.